The summed E-state index contributed by atoms with van der Waals surface area (Å²) in [5.74, 6) is -4.40. The molecule has 3 rings (SSSR count). The van der Waals surface area contributed by atoms with E-state index in [2.05, 4.69) is 11.8 Å². The van der Waals surface area contributed by atoms with E-state index < -0.39 is 63.3 Å². The molecule has 0 bridgehead atoms. The van der Waals surface area contributed by atoms with E-state index in [1.807, 2.05) is 6.92 Å². The van der Waals surface area contributed by atoms with Crippen molar-refractivity contribution >= 4 is 0 Å². The molecular formula is C25H15F9. The third-order valence-electron chi connectivity index (χ3n) is 4.91. The van der Waals surface area contributed by atoms with E-state index in [9.17, 15) is 39.5 Å². The monoisotopic (exact) mass is 486 g/mol. The number of aryl methyl sites for hydroxylation is 1. The third-order valence-corrected chi connectivity index (χ3v) is 4.91. The van der Waals surface area contributed by atoms with Crippen LogP contribution in [0.15, 0.2) is 36.4 Å². The summed E-state index contributed by atoms with van der Waals surface area (Å²) in [6, 6.07) is 3.79. The first-order valence-corrected chi connectivity index (χ1v) is 9.98. The van der Waals surface area contributed by atoms with Crippen molar-refractivity contribution in [2.75, 3.05) is 0 Å². The molecule has 0 nitrogen and oxygen atoms in total. The number of hydrogen-bond donors (Lipinski definition) is 0. The van der Waals surface area contributed by atoms with Gasteiger partial charge in [-0.3, -0.25) is 0 Å². The number of alkyl halides is 3. The van der Waals surface area contributed by atoms with Crippen LogP contribution in [0, 0.1) is 46.7 Å². The fourth-order valence-corrected chi connectivity index (χ4v) is 3.31. The van der Waals surface area contributed by atoms with Crippen LogP contribution in [0.4, 0.5) is 39.5 Å². The normalized spacial score (nSPS) is 11.4. The Hall–Kier alpha value is -3.41. The molecule has 0 saturated carbocycles. The molecule has 0 heterocycles. The van der Waals surface area contributed by atoms with E-state index >= 15 is 0 Å². The van der Waals surface area contributed by atoms with Crippen molar-refractivity contribution in [1.29, 1.82) is 0 Å². The lowest BCUT2D eigenvalue weighted by Gasteiger charge is -2.12. The quantitative estimate of drug-likeness (QED) is 0.259. The molecule has 0 N–H and O–H groups in total. The van der Waals surface area contributed by atoms with Gasteiger partial charge in [-0.2, -0.15) is 13.2 Å². The van der Waals surface area contributed by atoms with Gasteiger partial charge in [0, 0.05) is 5.56 Å². The molecule has 0 aromatic heterocycles. The molecule has 3 aromatic rings. The maximum atomic E-state index is 14.5. The molecule has 0 radical (unpaired) electrons. The first-order valence-electron chi connectivity index (χ1n) is 9.98. The van der Waals surface area contributed by atoms with E-state index in [1.165, 1.54) is 0 Å². The highest BCUT2D eigenvalue weighted by molar-refractivity contribution is 5.67. The molecule has 0 unspecified atom stereocenters. The van der Waals surface area contributed by atoms with Gasteiger partial charge in [-0.25, -0.2) is 26.3 Å². The first-order chi connectivity index (χ1) is 15.9. The topological polar surface area (TPSA) is 0 Å². The van der Waals surface area contributed by atoms with Crippen LogP contribution in [0.3, 0.4) is 0 Å². The summed E-state index contributed by atoms with van der Waals surface area (Å²) >= 11 is 0. The Kier molecular flexibility index (Phi) is 7.29. The van der Waals surface area contributed by atoms with E-state index in [0.717, 1.165) is 25.0 Å². The van der Waals surface area contributed by atoms with Gasteiger partial charge in [0.05, 0.1) is 11.1 Å². The van der Waals surface area contributed by atoms with Crippen molar-refractivity contribution in [3.63, 3.8) is 0 Å². The lowest BCUT2D eigenvalue weighted by molar-refractivity contribution is -0.142. The van der Waals surface area contributed by atoms with E-state index in [-0.39, 0.29) is 17.7 Å². The van der Waals surface area contributed by atoms with E-state index in [4.69, 9.17) is 0 Å². The number of hydrogen-bond acceptors (Lipinski definition) is 0. The van der Waals surface area contributed by atoms with Gasteiger partial charge in [0.25, 0.3) is 0 Å². The standard InChI is InChI=1S/C25H15F9/c1-2-3-4-13-7-17(26)16(18(27)8-13)6-5-14-9-19(28)23(20(29)10-14)15-11-21(30)24(22(31)12-15)25(32,33)34/h7-12H,2-4H2,1H3. The maximum absolute atomic E-state index is 14.5. The second-order valence-corrected chi connectivity index (χ2v) is 7.42. The zero-order chi connectivity index (χ0) is 25.2. The van der Waals surface area contributed by atoms with Gasteiger partial charge in [0.1, 0.15) is 40.5 Å². The van der Waals surface area contributed by atoms with Crippen LogP contribution >= 0.6 is 0 Å². The van der Waals surface area contributed by atoms with Gasteiger partial charge in [-0.15, -0.1) is 0 Å². The summed E-state index contributed by atoms with van der Waals surface area (Å²) in [5.41, 5.74) is -4.53. The minimum Gasteiger partial charge on any atom is -0.206 e. The van der Waals surface area contributed by atoms with Crippen molar-refractivity contribution in [2.24, 2.45) is 0 Å². The van der Waals surface area contributed by atoms with E-state index in [1.54, 1.807) is 0 Å². The molecule has 0 spiro atoms. The molecule has 0 aliphatic rings. The van der Waals surface area contributed by atoms with Gasteiger partial charge in [0.15, 0.2) is 0 Å². The van der Waals surface area contributed by atoms with Crippen LogP contribution in [0.2, 0.25) is 0 Å². The zero-order valence-corrected chi connectivity index (χ0v) is 17.5. The predicted octanol–water partition coefficient (Wildman–Crippen LogP) is 7.95. The van der Waals surface area contributed by atoms with Crippen molar-refractivity contribution < 1.29 is 39.5 Å². The largest absolute Gasteiger partial charge is 0.422 e. The molecule has 0 aliphatic heterocycles. The fourth-order valence-electron chi connectivity index (χ4n) is 3.31. The van der Waals surface area contributed by atoms with Gasteiger partial charge >= 0.3 is 6.18 Å². The molecule has 0 saturated heterocycles. The SMILES string of the molecule is CCCCc1cc(F)c(C#Cc2cc(F)c(-c3cc(F)c(C(F)(F)F)c(F)c3)c(F)c2)c(F)c1. The van der Waals surface area contributed by atoms with E-state index in [0.29, 0.717) is 24.1 Å². The molecule has 3 aromatic carbocycles. The summed E-state index contributed by atoms with van der Waals surface area (Å²) in [4.78, 5) is 0. The predicted molar refractivity (Wildman–Crippen MR) is 108 cm³/mol. The Morgan fingerprint density at radius 2 is 1.21 bits per heavy atom. The number of benzene rings is 3. The summed E-state index contributed by atoms with van der Waals surface area (Å²) in [5, 5.41) is 0. The van der Waals surface area contributed by atoms with Gasteiger partial charge in [-0.1, -0.05) is 25.2 Å². The number of halogens is 9. The minimum absolute atomic E-state index is 0.156. The number of unbranched alkanes of at least 4 members (excludes halogenated alkanes) is 1. The summed E-state index contributed by atoms with van der Waals surface area (Å²) in [6.07, 6.45) is -3.34. The highest BCUT2D eigenvalue weighted by Gasteiger charge is 2.38. The minimum atomic E-state index is -5.35. The average molecular weight is 486 g/mol. The molecule has 34 heavy (non-hydrogen) atoms. The van der Waals surface area contributed by atoms with Crippen LogP contribution < -0.4 is 0 Å². The van der Waals surface area contributed by atoms with Crippen LogP contribution in [0.25, 0.3) is 11.1 Å². The number of rotatable bonds is 4. The fraction of sp³-hybridized carbons (Fsp3) is 0.200. The van der Waals surface area contributed by atoms with Crippen molar-refractivity contribution in [3.05, 3.63) is 93.6 Å². The zero-order valence-electron chi connectivity index (χ0n) is 17.5. The lowest BCUT2D eigenvalue weighted by Crippen LogP contribution is -2.11. The average Bonchev–Trinajstić information content (AvgIpc) is 2.69. The first kappa shape index (κ1) is 25.2. The van der Waals surface area contributed by atoms with Crippen LogP contribution in [-0.2, 0) is 12.6 Å². The third kappa shape index (κ3) is 5.38. The Morgan fingerprint density at radius 3 is 1.68 bits per heavy atom. The Labute approximate surface area is 189 Å². The molecule has 0 fully saturated rings. The van der Waals surface area contributed by atoms with Gasteiger partial charge < -0.3 is 0 Å². The Balaban J connectivity index is 1.98. The smallest absolute Gasteiger partial charge is 0.206 e. The summed E-state index contributed by atoms with van der Waals surface area (Å²) in [7, 11) is 0. The van der Waals surface area contributed by atoms with Gasteiger partial charge in [0.2, 0.25) is 0 Å². The van der Waals surface area contributed by atoms with Crippen molar-refractivity contribution in [2.45, 2.75) is 32.4 Å². The molecule has 0 amide bonds. The highest BCUT2D eigenvalue weighted by atomic mass is 19.4. The lowest BCUT2D eigenvalue weighted by atomic mass is 9.99. The second kappa shape index (κ2) is 9.84. The van der Waals surface area contributed by atoms with Crippen LogP contribution in [0.5, 0.6) is 0 Å². The molecule has 0 aliphatic carbocycles. The molecule has 9 heteroatoms. The molecule has 0 atom stereocenters. The van der Waals surface area contributed by atoms with Crippen molar-refractivity contribution in [3.8, 4) is 23.0 Å². The Bertz CT molecular complexity index is 1220. The summed E-state index contributed by atoms with van der Waals surface area (Å²) < 4.78 is 123. The maximum Gasteiger partial charge on any atom is 0.422 e. The second-order valence-electron chi connectivity index (χ2n) is 7.42. The van der Waals surface area contributed by atoms with Crippen LogP contribution in [-0.4, -0.2) is 0 Å². The Morgan fingerprint density at radius 1 is 0.676 bits per heavy atom. The van der Waals surface area contributed by atoms with Crippen molar-refractivity contribution in [1.82, 2.24) is 0 Å². The van der Waals surface area contributed by atoms with Gasteiger partial charge in [-0.05, 0) is 60.4 Å². The highest BCUT2D eigenvalue weighted by Crippen LogP contribution is 2.37. The molecular weight excluding hydrogens is 471 g/mol. The van der Waals surface area contributed by atoms with Crippen LogP contribution in [0.1, 0.15) is 42.0 Å². The summed E-state index contributed by atoms with van der Waals surface area (Å²) in [6.45, 7) is 1.92. The molecule has 178 valence electrons.